The Bertz CT molecular complexity index is 1000. The molecule has 184 valence electrons. The minimum atomic E-state index is -0.843. The zero-order valence-corrected chi connectivity index (χ0v) is 20.1. The Labute approximate surface area is 200 Å². The molecule has 9 nitrogen and oxygen atoms in total. The van der Waals surface area contributed by atoms with Crippen molar-refractivity contribution >= 4 is 11.8 Å². The van der Waals surface area contributed by atoms with E-state index < -0.39 is 11.5 Å². The van der Waals surface area contributed by atoms with E-state index in [4.69, 9.17) is 14.6 Å². The highest BCUT2D eigenvalue weighted by Gasteiger charge is 2.36. The van der Waals surface area contributed by atoms with Crippen molar-refractivity contribution in [2.24, 2.45) is 0 Å². The van der Waals surface area contributed by atoms with Crippen LogP contribution in [0.25, 0.3) is 0 Å². The molecule has 0 unspecified atom stereocenters. The summed E-state index contributed by atoms with van der Waals surface area (Å²) < 4.78 is 14.0. The lowest BCUT2D eigenvalue weighted by Gasteiger charge is -2.40. The molecule has 2 aromatic heterocycles. The van der Waals surface area contributed by atoms with Gasteiger partial charge in [-0.2, -0.15) is 5.10 Å². The van der Waals surface area contributed by atoms with Crippen LogP contribution in [0.15, 0.2) is 24.5 Å². The maximum Gasteiger partial charge on any atom is 0.323 e. The molecule has 0 radical (unpaired) electrons. The third-order valence-corrected chi connectivity index (χ3v) is 7.37. The molecular formula is C25H35N5O4. The maximum atomic E-state index is 11.6. The molecule has 0 atom stereocenters. The van der Waals surface area contributed by atoms with Crippen molar-refractivity contribution in [3.8, 4) is 11.5 Å². The number of carboxylic acids is 1. The molecule has 2 saturated heterocycles. The number of ether oxygens (including phenoxy) is 2. The minimum absolute atomic E-state index is 0.249. The van der Waals surface area contributed by atoms with Gasteiger partial charge in [0.25, 0.3) is 0 Å². The van der Waals surface area contributed by atoms with E-state index in [1.807, 2.05) is 17.0 Å². The van der Waals surface area contributed by atoms with Crippen LogP contribution in [-0.4, -0.2) is 68.6 Å². The van der Waals surface area contributed by atoms with Crippen molar-refractivity contribution in [1.82, 2.24) is 19.7 Å². The Morgan fingerprint density at radius 3 is 2.59 bits per heavy atom. The molecule has 3 fully saturated rings. The second-order valence-corrected chi connectivity index (χ2v) is 10.2. The number of nitrogens with one attached hydrogen (secondary N) is 1. The van der Waals surface area contributed by atoms with Crippen molar-refractivity contribution in [2.75, 3.05) is 31.6 Å². The quantitative estimate of drug-likeness (QED) is 0.597. The number of nitrogens with zero attached hydrogens (tertiary/aromatic N) is 4. The van der Waals surface area contributed by atoms with Crippen molar-refractivity contribution in [1.29, 1.82) is 0 Å². The molecule has 5 rings (SSSR count). The first-order valence-corrected chi connectivity index (χ1v) is 12.5. The fraction of sp³-hybridized carbons (Fsp3) is 0.640. The third-order valence-electron chi connectivity index (χ3n) is 7.37. The zero-order chi connectivity index (χ0) is 23.7. The smallest absolute Gasteiger partial charge is 0.323 e. The molecular weight excluding hydrogens is 434 g/mol. The molecule has 2 aromatic rings. The number of aromatic nitrogens is 3. The van der Waals surface area contributed by atoms with Gasteiger partial charge in [-0.15, -0.1) is 0 Å². The van der Waals surface area contributed by atoms with Gasteiger partial charge in [0, 0.05) is 50.5 Å². The fourth-order valence-corrected chi connectivity index (χ4v) is 4.86. The first kappa shape index (κ1) is 23.1. The number of hydrogen-bond acceptors (Lipinski definition) is 7. The van der Waals surface area contributed by atoms with Crippen molar-refractivity contribution in [3.05, 3.63) is 30.2 Å². The maximum absolute atomic E-state index is 11.6. The van der Waals surface area contributed by atoms with Gasteiger partial charge in [-0.1, -0.05) is 0 Å². The van der Waals surface area contributed by atoms with E-state index in [0.29, 0.717) is 12.0 Å². The van der Waals surface area contributed by atoms with Crippen LogP contribution < -0.4 is 10.1 Å². The molecule has 0 aromatic carbocycles. The normalized spacial score (nSPS) is 20.9. The third kappa shape index (κ3) is 5.05. The largest absolute Gasteiger partial charge is 0.480 e. The van der Waals surface area contributed by atoms with Crippen LogP contribution in [0.3, 0.4) is 0 Å². The lowest BCUT2D eigenvalue weighted by Crippen LogP contribution is -2.54. The van der Waals surface area contributed by atoms with E-state index in [2.05, 4.69) is 21.2 Å². The number of aliphatic carboxylic acids is 1. The highest BCUT2D eigenvalue weighted by atomic mass is 16.5. The summed E-state index contributed by atoms with van der Waals surface area (Å²) in [6.45, 7) is 6.55. The molecule has 34 heavy (non-hydrogen) atoms. The Hall–Kier alpha value is -2.65. The van der Waals surface area contributed by atoms with Crippen molar-refractivity contribution in [2.45, 2.75) is 75.9 Å². The molecule has 0 bridgehead atoms. The molecule has 0 spiro atoms. The van der Waals surface area contributed by atoms with Gasteiger partial charge in [-0.05, 0) is 58.4 Å². The Morgan fingerprint density at radius 2 is 1.91 bits per heavy atom. The van der Waals surface area contributed by atoms with Gasteiger partial charge in [0.1, 0.15) is 22.8 Å². The molecule has 1 aliphatic carbocycles. The number of carboxylic acid groups (broad SMARTS) is 1. The number of rotatable bonds is 8. The van der Waals surface area contributed by atoms with Crippen LogP contribution in [0, 0.1) is 0 Å². The SMILES string of the molecule is CC(C)(C(=O)O)N1CCC(Nc2cc(Oc3cn(C4CC4)nc3C3CCOCC3)ccn2)CC1. The number of piperidine rings is 1. The van der Waals surface area contributed by atoms with Crippen molar-refractivity contribution in [3.63, 3.8) is 0 Å². The molecule has 3 aliphatic rings. The predicted octanol–water partition coefficient (Wildman–Crippen LogP) is 4.04. The fourth-order valence-electron chi connectivity index (χ4n) is 4.86. The van der Waals surface area contributed by atoms with Gasteiger partial charge in [0.15, 0.2) is 5.75 Å². The number of carbonyl (C=O) groups is 1. The summed E-state index contributed by atoms with van der Waals surface area (Å²) in [5.74, 6) is 1.93. The average molecular weight is 470 g/mol. The highest BCUT2D eigenvalue weighted by molar-refractivity contribution is 5.77. The summed E-state index contributed by atoms with van der Waals surface area (Å²) >= 11 is 0. The lowest BCUT2D eigenvalue weighted by atomic mass is 9.96. The number of likely N-dealkylation sites (tertiary alicyclic amines) is 1. The molecule has 1 saturated carbocycles. The molecule has 4 heterocycles. The summed E-state index contributed by atoms with van der Waals surface area (Å²) in [5.41, 5.74) is 0.194. The molecule has 9 heteroatoms. The number of anilines is 1. The topological polar surface area (TPSA) is 102 Å². The lowest BCUT2D eigenvalue weighted by molar-refractivity contribution is -0.150. The van der Waals surface area contributed by atoms with Crippen LogP contribution in [0.4, 0.5) is 5.82 Å². The second-order valence-electron chi connectivity index (χ2n) is 10.2. The van der Waals surface area contributed by atoms with Gasteiger partial charge >= 0.3 is 5.97 Å². The van der Waals surface area contributed by atoms with Gasteiger partial charge in [-0.25, -0.2) is 4.98 Å². The van der Waals surface area contributed by atoms with Crippen LogP contribution in [0.1, 0.15) is 70.0 Å². The molecule has 2 N–H and O–H groups in total. The molecule has 2 aliphatic heterocycles. The molecule has 0 amide bonds. The van der Waals surface area contributed by atoms with E-state index in [9.17, 15) is 9.90 Å². The van der Waals surface area contributed by atoms with E-state index in [-0.39, 0.29) is 6.04 Å². The van der Waals surface area contributed by atoms with Gasteiger partial charge in [0.05, 0.1) is 12.2 Å². The van der Waals surface area contributed by atoms with Gasteiger partial charge in [-0.3, -0.25) is 14.4 Å². The summed E-state index contributed by atoms with van der Waals surface area (Å²) in [7, 11) is 0. The number of hydrogen-bond donors (Lipinski definition) is 2. The van der Waals surface area contributed by atoms with Gasteiger partial charge < -0.3 is 19.9 Å². The standard InChI is InChI=1S/C25H35N5O4/c1-25(2,24(31)32)29-11-6-18(7-12-29)27-22-15-20(5-10-26-22)34-21-16-30(19-3-4-19)28-23(21)17-8-13-33-14-9-17/h5,10,15-19H,3-4,6-9,11-14H2,1-2H3,(H,26,27)(H,31,32). The Kier molecular flexibility index (Phi) is 6.48. The zero-order valence-electron chi connectivity index (χ0n) is 20.1. The van der Waals surface area contributed by atoms with Crippen LogP contribution >= 0.6 is 0 Å². The van der Waals surface area contributed by atoms with E-state index in [1.165, 1.54) is 12.8 Å². The first-order chi connectivity index (χ1) is 16.4. The van der Waals surface area contributed by atoms with E-state index in [1.54, 1.807) is 20.0 Å². The Morgan fingerprint density at radius 1 is 1.18 bits per heavy atom. The second kappa shape index (κ2) is 9.54. The Balaban J connectivity index is 1.24. The highest BCUT2D eigenvalue weighted by Crippen LogP contribution is 2.40. The van der Waals surface area contributed by atoms with E-state index in [0.717, 1.165) is 75.0 Å². The van der Waals surface area contributed by atoms with Crippen LogP contribution in [0.5, 0.6) is 11.5 Å². The first-order valence-electron chi connectivity index (χ1n) is 12.5. The van der Waals surface area contributed by atoms with Gasteiger partial charge in [0.2, 0.25) is 0 Å². The minimum Gasteiger partial charge on any atom is -0.480 e. The van der Waals surface area contributed by atoms with Crippen LogP contribution in [0.2, 0.25) is 0 Å². The average Bonchev–Trinajstić information content (AvgIpc) is 3.61. The van der Waals surface area contributed by atoms with Crippen molar-refractivity contribution < 1.29 is 19.4 Å². The monoisotopic (exact) mass is 469 g/mol. The predicted molar refractivity (Wildman–Crippen MR) is 128 cm³/mol. The summed E-state index contributed by atoms with van der Waals surface area (Å²) in [5, 5.41) is 17.9. The van der Waals surface area contributed by atoms with E-state index >= 15 is 0 Å². The van der Waals surface area contributed by atoms with Crippen LogP contribution in [-0.2, 0) is 9.53 Å². The summed E-state index contributed by atoms with van der Waals surface area (Å²) in [4.78, 5) is 18.1. The summed E-state index contributed by atoms with van der Waals surface area (Å²) in [6, 6.07) is 4.57. The summed E-state index contributed by atoms with van der Waals surface area (Å²) in [6.07, 6.45) is 9.85. The number of pyridine rings is 1.